The van der Waals surface area contributed by atoms with Gasteiger partial charge in [0.25, 0.3) is 0 Å². The molecule has 0 amide bonds. The Bertz CT molecular complexity index is 383. The van der Waals surface area contributed by atoms with E-state index in [4.69, 9.17) is 9.47 Å². The molecule has 0 radical (unpaired) electrons. The van der Waals surface area contributed by atoms with Gasteiger partial charge in [0.15, 0.2) is 0 Å². The highest BCUT2D eigenvalue weighted by Gasteiger charge is 2.19. The van der Waals surface area contributed by atoms with Gasteiger partial charge in [-0.1, -0.05) is 18.2 Å². The average molecular weight is 236 g/mol. The Kier molecular flexibility index (Phi) is 3.98. The van der Waals surface area contributed by atoms with Gasteiger partial charge < -0.3 is 14.2 Å². The third-order valence-electron chi connectivity index (χ3n) is 2.72. The molecule has 1 fully saturated rings. The molecule has 92 valence electrons. The van der Waals surface area contributed by atoms with Crippen molar-refractivity contribution in [1.29, 1.82) is 0 Å². The van der Waals surface area contributed by atoms with Gasteiger partial charge in [-0.05, 0) is 6.07 Å². The molecule has 0 bridgehead atoms. The first-order valence-electron chi connectivity index (χ1n) is 5.68. The van der Waals surface area contributed by atoms with E-state index in [0.29, 0.717) is 6.61 Å². The second kappa shape index (κ2) is 5.68. The van der Waals surface area contributed by atoms with Crippen molar-refractivity contribution in [3.05, 3.63) is 29.8 Å². The van der Waals surface area contributed by atoms with E-state index < -0.39 is 0 Å². The minimum Gasteiger partial charge on any atom is -0.488 e. The first kappa shape index (κ1) is 11.9. The van der Waals surface area contributed by atoms with E-state index in [0.717, 1.165) is 24.3 Å². The van der Waals surface area contributed by atoms with Crippen LogP contribution in [0.5, 0.6) is 5.75 Å². The molecule has 1 aromatic rings. The van der Waals surface area contributed by atoms with Crippen LogP contribution >= 0.6 is 0 Å². The van der Waals surface area contributed by atoms with Crippen LogP contribution in [0.3, 0.4) is 0 Å². The van der Waals surface area contributed by atoms with Gasteiger partial charge in [-0.2, -0.15) is 0 Å². The molecule has 1 aliphatic heterocycles. The van der Waals surface area contributed by atoms with Crippen LogP contribution in [0.15, 0.2) is 24.3 Å². The molecular weight excluding hydrogens is 220 g/mol. The molecule has 4 heteroatoms. The lowest BCUT2D eigenvalue weighted by molar-refractivity contribution is -0.139. The zero-order valence-electron chi connectivity index (χ0n) is 9.85. The van der Waals surface area contributed by atoms with E-state index in [1.54, 1.807) is 0 Å². The van der Waals surface area contributed by atoms with Crippen LogP contribution in [0.4, 0.5) is 0 Å². The highest BCUT2D eigenvalue weighted by atomic mass is 16.5. The van der Waals surface area contributed by atoms with Crippen molar-refractivity contribution in [1.82, 2.24) is 0 Å². The first-order valence-corrected chi connectivity index (χ1v) is 5.68. The lowest BCUT2D eigenvalue weighted by atomic mass is 10.1. The van der Waals surface area contributed by atoms with Gasteiger partial charge in [-0.3, -0.25) is 4.79 Å². The fraction of sp³-hybridized carbons (Fsp3) is 0.462. The molecule has 17 heavy (non-hydrogen) atoms. The van der Waals surface area contributed by atoms with E-state index in [1.807, 2.05) is 24.3 Å². The molecule has 0 saturated carbocycles. The Labute approximate surface area is 100 Å². The number of methoxy groups -OCH3 is 1. The van der Waals surface area contributed by atoms with Crippen molar-refractivity contribution in [2.75, 3.05) is 20.3 Å². The van der Waals surface area contributed by atoms with Crippen molar-refractivity contribution in [2.45, 2.75) is 18.9 Å². The highest BCUT2D eigenvalue weighted by Crippen LogP contribution is 2.22. The molecule has 1 aliphatic rings. The zero-order valence-corrected chi connectivity index (χ0v) is 9.85. The van der Waals surface area contributed by atoms with Gasteiger partial charge in [0.05, 0.1) is 26.7 Å². The van der Waals surface area contributed by atoms with Crippen molar-refractivity contribution in [3.8, 4) is 5.75 Å². The molecule has 0 unspecified atom stereocenters. The number of benzene rings is 1. The summed E-state index contributed by atoms with van der Waals surface area (Å²) < 4.78 is 15.7. The Hall–Kier alpha value is -1.55. The number of carbonyl (C=O) groups excluding carboxylic acids is 1. The minimum atomic E-state index is -0.260. The monoisotopic (exact) mass is 236 g/mol. The smallest absolute Gasteiger partial charge is 0.310 e. The van der Waals surface area contributed by atoms with Crippen LogP contribution in [0.1, 0.15) is 12.0 Å². The van der Waals surface area contributed by atoms with E-state index in [1.165, 1.54) is 7.11 Å². The van der Waals surface area contributed by atoms with Crippen LogP contribution in [0.25, 0.3) is 0 Å². The first-order chi connectivity index (χ1) is 8.29. The molecule has 0 aliphatic carbocycles. The van der Waals surface area contributed by atoms with Crippen molar-refractivity contribution in [2.24, 2.45) is 0 Å². The van der Waals surface area contributed by atoms with Crippen LogP contribution in [-0.4, -0.2) is 32.4 Å². The Balaban J connectivity index is 2.06. The molecule has 0 N–H and O–H groups in total. The molecule has 1 aromatic carbocycles. The molecule has 1 atom stereocenters. The van der Waals surface area contributed by atoms with Crippen molar-refractivity contribution >= 4 is 5.97 Å². The Morgan fingerprint density at radius 3 is 3.00 bits per heavy atom. The highest BCUT2D eigenvalue weighted by molar-refractivity contribution is 5.73. The summed E-state index contributed by atoms with van der Waals surface area (Å²) >= 11 is 0. The van der Waals surface area contributed by atoms with Crippen LogP contribution in [0, 0.1) is 0 Å². The molecular formula is C13H16O4. The van der Waals surface area contributed by atoms with Gasteiger partial charge >= 0.3 is 5.97 Å². The maximum absolute atomic E-state index is 11.3. The number of rotatable bonds is 4. The van der Waals surface area contributed by atoms with Gasteiger partial charge in [0, 0.05) is 12.0 Å². The molecule has 4 nitrogen and oxygen atoms in total. The molecule has 1 saturated heterocycles. The number of esters is 1. The summed E-state index contributed by atoms with van der Waals surface area (Å²) in [5.74, 6) is 0.483. The standard InChI is InChI=1S/C13H16O4/c1-15-13(14)8-10-4-2-3-5-12(10)17-11-6-7-16-9-11/h2-5,11H,6-9H2,1H3/t11-/m1/s1. The normalized spacial score (nSPS) is 19.0. The number of hydrogen-bond acceptors (Lipinski definition) is 4. The predicted molar refractivity (Wildman–Crippen MR) is 62.0 cm³/mol. The second-order valence-corrected chi connectivity index (χ2v) is 3.96. The van der Waals surface area contributed by atoms with Crippen LogP contribution in [-0.2, 0) is 20.7 Å². The lowest BCUT2D eigenvalue weighted by Gasteiger charge is -2.14. The molecule has 0 spiro atoms. The van der Waals surface area contributed by atoms with Gasteiger partial charge in [-0.15, -0.1) is 0 Å². The van der Waals surface area contributed by atoms with Crippen molar-refractivity contribution < 1.29 is 19.0 Å². The molecule has 2 rings (SSSR count). The molecule has 1 heterocycles. The third-order valence-corrected chi connectivity index (χ3v) is 2.72. The largest absolute Gasteiger partial charge is 0.488 e. The topological polar surface area (TPSA) is 44.8 Å². The summed E-state index contributed by atoms with van der Waals surface area (Å²) in [5, 5.41) is 0. The van der Waals surface area contributed by atoms with Crippen LogP contribution < -0.4 is 4.74 Å². The average Bonchev–Trinajstić information content (AvgIpc) is 2.84. The minimum absolute atomic E-state index is 0.0915. The molecule has 0 aromatic heterocycles. The summed E-state index contributed by atoms with van der Waals surface area (Å²) in [6.07, 6.45) is 1.22. The van der Waals surface area contributed by atoms with E-state index in [2.05, 4.69) is 4.74 Å². The summed E-state index contributed by atoms with van der Waals surface area (Å²) in [7, 11) is 1.39. The maximum Gasteiger partial charge on any atom is 0.310 e. The number of ether oxygens (including phenoxy) is 3. The Morgan fingerprint density at radius 1 is 1.47 bits per heavy atom. The lowest BCUT2D eigenvalue weighted by Crippen LogP contribution is -2.17. The quantitative estimate of drug-likeness (QED) is 0.744. The van der Waals surface area contributed by atoms with Crippen molar-refractivity contribution in [3.63, 3.8) is 0 Å². The SMILES string of the molecule is COC(=O)Cc1ccccc1O[C@@H]1CCOC1. The summed E-state index contributed by atoms with van der Waals surface area (Å²) in [4.78, 5) is 11.3. The summed E-state index contributed by atoms with van der Waals surface area (Å²) in [6.45, 7) is 1.36. The van der Waals surface area contributed by atoms with Gasteiger partial charge in [0.2, 0.25) is 0 Å². The zero-order chi connectivity index (χ0) is 12.1. The fourth-order valence-electron chi connectivity index (χ4n) is 1.78. The number of carbonyl (C=O) groups is 1. The second-order valence-electron chi connectivity index (χ2n) is 3.96. The summed E-state index contributed by atoms with van der Waals surface area (Å²) in [5.41, 5.74) is 0.853. The number of hydrogen-bond donors (Lipinski definition) is 0. The Morgan fingerprint density at radius 2 is 2.29 bits per heavy atom. The van der Waals surface area contributed by atoms with E-state index in [9.17, 15) is 4.79 Å². The summed E-state index contributed by atoms with van der Waals surface area (Å²) in [6, 6.07) is 7.53. The van der Waals surface area contributed by atoms with Gasteiger partial charge in [0.1, 0.15) is 11.9 Å². The van der Waals surface area contributed by atoms with E-state index >= 15 is 0 Å². The van der Waals surface area contributed by atoms with Gasteiger partial charge in [-0.25, -0.2) is 0 Å². The maximum atomic E-state index is 11.3. The van der Waals surface area contributed by atoms with Crippen LogP contribution in [0.2, 0.25) is 0 Å². The fourth-order valence-corrected chi connectivity index (χ4v) is 1.78. The predicted octanol–water partition coefficient (Wildman–Crippen LogP) is 1.57. The van der Waals surface area contributed by atoms with E-state index in [-0.39, 0.29) is 18.5 Å². The third kappa shape index (κ3) is 3.20. The number of para-hydroxylation sites is 1.